The quantitative estimate of drug-likeness (QED) is 0.326. The summed E-state index contributed by atoms with van der Waals surface area (Å²) in [6.07, 6.45) is -0.142. The zero-order valence-corrected chi connectivity index (χ0v) is 18.4. The van der Waals surface area contributed by atoms with Gasteiger partial charge in [-0.25, -0.2) is 0 Å². The Morgan fingerprint density at radius 2 is 1.19 bits per heavy atom. The van der Waals surface area contributed by atoms with Crippen molar-refractivity contribution in [1.29, 1.82) is 0 Å². The van der Waals surface area contributed by atoms with E-state index in [4.69, 9.17) is 0 Å². The number of benzene rings is 3. The van der Waals surface area contributed by atoms with Crippen molar-refractivity contribution in [2.75, 3.05) is 6.61 Å². The minimum absolute atomic E-state index is 0.244. The van der Waals surface area contributed by atoms with E-state index in [0.717, 1.165) is 23.1 Å². The van der Waals surface area contributed by atoms with Crippen LogP contribution >= 0.6 is 0 Å². The first kappa shape index (κ1) is 23.0. The molecule has 31 heavy (non-hydrogen) atoms. The average molecular weight is 416 g/mol. The molecule has 0 aliphatic carbocycles. The highest BCUT2D eigenvalue weighted by molar-refractivity contribution is 5.49. The molecule has 0 heterocycles. The summed E-state index contributed by atoms with van der Waals surface area (Å²) in [5, 5.41) is 24.6. The molecule has 0 fully saturated rings. The number of hydrogen-bond acceptors (Lipinski definition) is 3. The van der Waals surface area contributed by atoms with Gasteiger partial charge in [-0.3, -0.25) is 5.32 Å². The molecule has 3 aromatic rings. The SMILES string of the molecule is C=C(CO)[C@H](O)[C@H](CC(C)C)NC(c1ccccc1)(c1ccccc1)c1ccccc1. The van der Waals surface area contributed by atoms with Gasteiger partial charge >= 0.3 is 0 Å². The summed E-state index contributed by atoms with van der Waals surface area (Å²) < 4.78 is 0. The second-order valence-corrected chi connectivity index (χ2v) is 8.49. The molecular weight excluding hydrogens is 382 g/mol. The third-order valence-electron chi connectivity index (χ3n) is 5.75. The molecule has 3 rings (SSSR count). The van der Waals surface area contributed by atoms with Gasteiger partial charge in [0.05, 0.1) is 18.2 Å². The van der Waals surface area contributed by atoms with Crippen LogP contribution in [-0.2, 0) is 5.54 Å². The number of aliphatic hydroxyl groups is 2. The van der Waals surface area contributed by atoms with E-state index in [1.165, 1.54) is 0 Å². The molecule has 3 nitrogen and oxygen atoms in total. The van der Waals surface area contributed by atoms with Crippen LogP contribution in [0.3, 0.4) is 0 Å². The number of hydrogen-bond donors (Lipinski definition) is 3. The van der Waals surface area contributed by atoms with Crippen LogP contribution < -0.4 is 5.32 Å². The van der Waals surface area contributed by atoms with E-state index in [-0.39, 0.29) is 12.6 Å². The lowest BCUT2D eigenvalue weighted by Gasteiger charge is -2.42. The maximum atomic E-state index is 11.1. The monoisotopic (exact) mass is 415 g/mol. The van der Waals surface area contributed by atoms with Crippen molar-refractivity contribution < 1.29 is 10.2 Å². The second kappa shape index (κ2) is 10.5. The Hall–Kier alpha value is -2.72. The molecule has 3 heteroatoms. The first-order valence-corrected chi connectivity index (χ1v) is 10.9. The number of aliphatic hydroxyl groups excluding tert-OH is 2. The van der Waals surface area contributed by atoms with Crippen molar-refractivity contribution in [3.63, 3.8) is 0 Å². The molecule has 0 saturated carbocycles. The molecule has 0 radical (unpaired) electrons. The normalized spacial score (nSPS) is 13.7. The van der Waals surface area contributed by atoms with Gasteiger partial charge in [0.2, 0.25) is 0 Å². The summed E-state index contributed by atoms with van der Waals surface area (Å²) in [4.78, 5) is 0. The molecule has 0 saturated heterocycles. The van der Waals surface area contributed by atoms with Crippen molar-refractivity contribution in [2.24, 2.45) is 5.92 Å². The molecular formula is C28H33NO2. The largest absolute Gasteiger partial charge is 0.392 e. The van der Waals surface area contributed by atoms with E-state index >= 15 is 0 Å². The smallest absolute Gasteiger partial charge is 0.0951 e. The van der Waals surface area contributed by atoms with Crippen molar-refractivity contribution in [3.05, 3.63) is 120 Å². The van der Waals surface area contributed by atoms with Gasteiger partial charge in [0, 0.05) is 6.04 Å². The third-order valence-corrected chi connectivity index (χ3v) is 5.75. The van der Waals surface area contributed by atoms with Crippen molar-refractivity contribution in [2.45, 2.75) is 38.0 Å². The first-order chi connectivity index (χ1) is 15.0. The Balaban J connectivity index is 2.24. The zero-order valence-electron chi connectivity index (χ0n) is 18.4. The summed E-state index contributed by atoms with van der Waals surface area (Å²) in [6, 6.07) is 30.7. The van der Waals surface area contributed by atoms with Gasteiger partial charge in [-0.05, 0) is 34.6 Å². The Labute approximate surface area is 186 Å². The molecule has 0 spiro atoms. The Morgan fingerprint density at radius 1 is 0.806 bits per heavy atom. The van der Waals surface area contributed by atoms with E-state index < -0.39 is 11.6 Å². The summed E-state index contributed by atoms with van der Waals surface area (Å²) in [6.45, 7) is 7.94. The number of rotatable bonds is 10. The van der Waals surface area contributed by atoms with Crippen LogP contribution in [0.5, 0.6) is 0 Å². The van der Waals surface area contributed by atoms with Gasteiger partial charge < -0.3 is 10.2 Å². The van der Waals surface area contributed by atoms with Gasteiger partial charge in [-0.1, -0.05) is 111 Å². The van der Waals surface area contributed by atoms with Gasteiger partial charge in [0.25, 0.3) is 0 Å². The minimum atomic E-state index is -0.872. The summed E-state index contributed by atoms with van der Waals surface area (Å²) in [5.41, 5.74) is 3.00. The molecule has 0 aromatic heterocycles. The highest BCUT2D eigenvalue weighted by Crippen LogP contribution is 2.38. The van der Waals surface area contributed by atoms with E-state index in [1.807, 2.05) is 54.6 Å². The van der Waals surface area contributed by atoms with Crippen molar-refractivity contribution in [3.8, 4) is 0 Å². The highest BCUT2D eigenvalue weighted by Gasteiger charge is 2.40. The highest BCUT2D eigenvalue weighted by atomic mass is 16.3. The Kier molecular flexibility index (Phi) is 7.80. The molecule has 0 aliphatic rings. The fourth-order valence-corrected chi connectivity index (χ4v) is 4.25. The van der Waals surface area contributed by atoms with Crippen LogP contribution in [0, 0.1) is 5.92 Å². The third kappa shape index (κ3) is 5.13. The lowest BCUT2D eigenvalue weighted by atomic mass is 9.75. The standard InChI is InChI=1S/C28H33NO2/c1-21(2)19-26(27(31)22(3)20-30)29-28(23-13-7-4-8-14-23,24-15-9-5-10-16-24)25-17-11-6-12-18-25/h4-18,21,26-27,29-31H,3,19-20H2,1-2H3/t26-,27-/m0/s1. The molecule has 3 aromatic carbocycles. The summed E-state index contributed by atoms with van der Waals surface area (Å²) in [5.74, 6) is 0.346. The molecule has 0 unspecified atom stereocenters. The molecule has 3 N–H and O–H groups in total. The van der Waals surface area contributed by atoms with Crippen molar-refractivity contribution >= 4 is 0 Å². The van der Waals surface area contributed by atoms with E-state index in [2.05, 4.69) is 62.1 Å². The fourth-order valence-electron chi connectivity index (χ4n) is 4.25. The topological polar surface area (TPSA) is 52.5 Å². The zero-order chi connectivity index (χ0) is 22.3. The molecule has 0 aliphatic heterocycles. The van der Waals surface area contributed by atoms with Crippen LogP contribution in [0.25, 0.3) is 0 Å². The van der Waals surface area contributed by atoms with Gasteiger partial charge in [-0.2, -0.15) is 0 Å². The van der Waals surface area contributed by atoms with Gasteiger partial charge in [-0.15, -0.1) is 0 Å². The summed E-state index contributed by atoms with van der Waals surface area (Å²) >= 11 is 0. The Bertz CT molecular complexity index is 842. The lowest BCUT2D eigenvalue weighted by Crippen LogP contribution is -2.54. The summed E-state index contributed by atoms with van der Waals surface area (Å²) in [7, 11) is 0. The second-order valence-electron chi connectivity index (χ2n) is 8.49. The molecule has 0 amide bonds. The average Bonchev–Trinajstić information content (AvgIpc) is 2.82. The minimum Gasteiger partial charge on any atom is -0.392 e. The molecule has 0 bridgehead atoms. The maximum absolute atomic E-state index is 11.1. The fraction of sp³-hybridized carbons (Fsp3) is 0.286. The predicted molar refractivity (Wildman–Crippen MR) is 128 cm³/mol. The van der Waals surface area contributed by atoms with E-state index in [1.54, 1.807) is 0 Å². The number of nitrogens with one attached hydrogen (secondary N) is 1. The predicted octanol–water partition coefficient (Wildman–Crippen LogP) is 4.89. The Morgan fingerprint density at radius 3 is 1.52 bits per heavy atom. The van der Waals surface area contributed by atoms with Gasteiger partial charge in [0.1, 0.15) is 0 Å². The maximum Gasteiger partial charge on any atom is 0.0951 e. The van der Waals surface area contributed by atoms with Crippen LogP contribution in [0.15, 0.2) is 103 Å². The van der Waals surface area contributed by atoms with E-state index in [0.29, 0.717) is 11.5 Å². The van der Waals surface area contributed by atoms with Gasteiger partial charge in [0.15, 0.2) is 0 Å². The van der Waals surface area contributed by atoms with Crippen LogP contribution in [-0.4, -0.2) is 29.0 Å². The first-order valence-electron chi connectivity index (χ1n) is 10.9. The van der Waals surface area contributed by atoms with Crippen LogP contribution in [0.4, 0.5) is 0 Å². The van der Waals surface area contributed by atoms with Crippen molar-refractivity contribution in [1.82, 2.24) is 5.32 Å². The molecule has 2 atom stereocenters. The molecule has 162 valence electrons. The van der Waals surface area contributed by atoms with Crippen LogP contribution in [0.1, 0.15) is 37.0 Å². The van der Waals surface area contributed by atoms with Crippen LogP contribution in [0.2, 0.25) is 0 Å². The lowest BCUT2D eigenvalue weighted by molar-refractivity contribution is 0.121. The van der Waals surface area contributed by atoms with E-state index in [9.17, 15) is 10.2 Å².